The molecule has 1 aliphatic rings. The predicted octanol–water partition coefficient (Wildman–Crippen LogP) is 2.36. The molecule has 0 amide bonds. The highest BCUT2D eigenvalue weighted by Gasteiger charge is 2.18. The Balaban J connectivity index is 2.43. The van der Waals surface area contributed by atoms with Crippen molar-refractivity contribution in [2.24, 2.45) is 5.73 Å². The zero-order valence-electron chi connectivity index (χ0n) is 11.3. The molecule has 1 aromatic heterocycles. The van der Waals surface area contributed by atoms with Gasteiger partial charge in [0.1, 0.15) is 5.84 Å². The molecule has 18 heavy (non-hydrogen) atoms. The lowest BCUT2D eigenvalue weighted by molar-refractivity contribution is 0.726. The number of nitrogens with one attached hydrogen (secondary N) is 1. The quantitative estimate of drug-likeness (QED) is 0.622. The van der Waals surface area contributed by atoms with Crippen LogP contribution in [0.25, 0.3) is 0 Å². The second kappa shape index (κ2) is 5.38. The van der Waals surface area contributed by atoms with Gasteiger partial charge in [0.05, 0.1) is 16.9 Å². The Kier molecular flexibility index (Phi) is 3.84. The van der Waals surface area contributed by atoms with E-state index in [1.165, 1.54) is 25.7 Å². The van der Waals surface area contributed by atoms with E-state index in [2.05, 4.69) is 16.0 Å². The van der Waals surface area contributed by atoms with Crippen molar-refractivity contribution in [3.63, 3.8) is 0 Å². The monoisotopic (exact) mass is 246 g/mol. The van der Waals surface area contributed by atoms with Crippen LogP contribution in [0.5, 0.6) is 0 Å². The molecule has 0 aliphatic carbocycles. The van der Waals surface area contributed by atoms with Gasteiger partial charge in [-0.2, -0.15) is 0 Å². The van der Waals surface area contributed by atoms with Crippen LogP contribution in [0, 0.1) is 19.3 Å². The normalized spacial score (nSPS) is 16.4. The zero-order chi connectivity index (χ0) is 13.1. The van der Waals surface area contributed by atoms with Gasteiger partial charge in [-0.3, -0.25) is 10.4 Å². The van der Waals surface area contributed by atoms with Crippen LogP contribution in [0.4, 0.5) is 5.69 Å². The summed E-state index contributed by atoms with van der Waals surface area (Å²) in [5.74, 6) is 0.124. The molecule has 4 nitrogen and oxygen atoms in total. The molecule has 1 aliphatic heterocycles. The lowest BCUT2D eigenvalue weighted by Crippen LogP contribution is -2.28. The van der Waals surface area contributed by atoms with E-state index in [-0.39, 0.29) is 5.84 Å². The topological polar surface area (TPSA) is 66.0 Å². The average molecular weight is 246 g/mol. The van der Waals surface area contributed by atoms with Gasteiger partial charge in [-0.15, -0.1) is 0 Å². The van der Waals surface area contributed by atoms with E-state index in [9.17, 15) is 0 Å². The number of nitrogen functional groups attached to an aromatic ring is 1. The zero-order valence-corrected chi connectivity index (χ0v) is 11.3. The first-order valence-corrected chi connectivity index (χ1v) is 6.67. The third-order valence-corrected chi connectivity index (χ3v) is 3.52. The molecule has 1 saturated heterocycles. The Bertz CT molecular complexity index is 445. The molecular formula is C14H22N4. The Hall–Kier alpha value is -1.58. The lowest BCUT2D eigenvalue weighted by atomic mass is 10.1. The van der Waals surface area contributed by atoms with E-state index in [0.29, 0.717) is 0 Å². The highest BCUT2D eigenvalue weighted by Crippen LogP contribution is 2.26. The van der Waals surface area contributed by atoms with E-state index in [1.807, 2.05) is 13.8 Å². The summed E-state index contributed by atoms with van der Waals surface area (Å²) >= 11 is 0. The Morgan fingerprint density at radius 1 is 1.22 bits per heavy atom. The van der Waals surface area contributed by atoms with Gasteiger partial charge >= 0.3 is 0 Å². The average Bonchev–Trinajstić information content (AvgIpc) is 2.55. The molecule has 2 rings (SSSR count). The minimum absolute atomic E-state index is 0.124. The van der Waals surface area contributed by atoms with Crippen LogP contribution >= 0.6 is 0 Å². The second-order valence-corrected chi connectivity index (χ2v) is 5.06. The van der Waals surface area contributed by atoms with Crippen molar-refractivity contribution in [2.75, 3.05) is 18.0 Å². The summed E-state index contributed by atoms with van der Waals surface area (Å²) in [6.45, 7) is 6.05. The molecule has 0 unspecified atom stereocenters. The molecule has 2 heterocycles. The van der Waals surface area contributed by atoms with Gasteiger partial charge in [-0.05, 0) is 32.8 Å². The largest absolute Gasteiger partial charge is 0.384 e. The van der Waals surface area contributed by atoms with E-state index in [0.717, 1.165) is 35.7 Å². The van der Waals surface area contributed by atoms with Gasteiger partial charge in [-0.25, -0.2) is 0 Å². The van der Waals surface area contributed by atoms with Gasteiger partial charge in [0, 0.05) is 18.8 Å². The first kappa shape index (κ1) is 12.9. The van der Waals surface area contributed by atoms with Crippen molar-refractivity contribution in [2.45, 2.75) is 39.5 Å². The molecule has 1 aromatic rings. The van der Waals surface area contributed by atoms with Crippen LogP contribution in [-0.2, 0) is 0 Å². The molecule has 0 bridgehead atoms. The van der Waals surface area contributed by atoms with Crippen molar-refractivity contribution in [1.29, 1.82) is 5.41 Å². The summed E-state index contributed by atoms with van der Waals surface area (Å²) in [5.41, 5.74) is 9.49. The fourth-order valence-corrected chi connectivity index (χ4v) is 2.70. The molecule has 1 fully saturated rings. The third-order valence-electron chi connectivity index (χ3n) is 3.52. The Morgan fingerprint density at radius 3 is 2.39 bits per heavy atom. The first-order chi connectivity index (χ1) is 8.59. The van der Waals surface area contributed by atoms with Gasteiger partial charge in [-0.1, -0.05) is 12.8 Å². The molecule has 0 saturated carbocycles. The number of amidine groups is 1. The highest BCUT2D eigenvalue weighted by molar-refractivity contribution is 6.01. The van der Waals surface area contributed by atoms with Gasteiger partial charge in [0.25, 0.3) is 0 Å². The fraction of sp³-hybridized carbons (Fsp3) is 0.571. The number of nitrogens with two attached hydrogens (primary N) is 1. The fourth-order valence-electron chi connectivity index (χ4n) is 2.70. The van der Waals surface area contributed by atoms with Crippen LogP contribution < -0.4 is 10.6 Å². The first-order valence-electron chi connectivity index (χ1n) is 6.67. The SMILES string of the molecule is Cc1cc(N2CCCCCC2)c(C(=N)N)c(C)n1. The van der Waals surface area contributed by atoms with E-state index >= 15 is 0 Å². The number of aromatic nitrogens is 1. The number of hydrogen-bond acceptors (Lipinski definition) is 3. The Labute approximate surface area is 109 Å². The molecular weight excluding hydrogens is 224 g/mol. The maximum Gasteiger partial charge on any atom is 0.126 e. The third kappa shape index (κ3) is 2.63. The van der Waals surface area contributed by atoms with Crippen molar-refractivity contribution in [3.8, 4) is 0 Å². The minimum Gasteiger partial charge on any atom is -0.384 e. The van der Waals surface area contributed by atoms with Crippen LogP contribution in [-0.4, -0.2) is 23.9 Å². The second-order valence-electron chi connectivity index (χ2n) is 5.06. The summed E-state index contributed by atoms with van der Waals surface area (Å²) in [7, 11) is 0. The van der Waals surface area contributed by atoms with Crippen molar-refractivity contribution >= 4 is 11.5 Å². The van der Waals surface area contributed by atoms with Crippen molar-refractivity contribution < 1.29 is 0 Å². The molecule has 4 heteroatoms. The van der Waals surface area contributed by atoms with Crippen molar-refractivity contribution in [3.05, 3.63) is 23.0 Å². The van der Waals surface area contributed by atoms with Gasteiger partial charge in [0.2, 0.25) is 0 Å². The summed E-state index contributed by atoms with van der Waals surface area (Å²) in [6.07, 6.45) is 5.04. The summed E-state index contributed by atoms with van der Waals surface area (Å²) in [5, 5.41) is 7.77. The summed E-state index contributed by atoms with van der Waals surface area (Å²) in [4.78, 5) is 6.79. The predicted molar refractivity (Wildman–Crippen MR) is 75.4 cm³/mol. The molecule has 98 valence electrons. The standard InChI is InChI=1S/C14H22N4/c1-10-9-12(13(14(15)16)11(2)17-10)18-7-5-3-4-6-8-18/h9H,3-8H2,1-2H3,(H3,15,16). The Morgan fingerprint density at radius 2 is 1.83 bits per heavy atom. The maximum atomic E-state index is 7.77. The summed E-state index contributed by atoms with van der Waals surface area (Å²) in [6, 6.07) is 2.06. The number of pyridine rings is 1. The van der Waals surface area contributed by atoms with Gasteiger partial charge in [0.15, 0.2) is 0 Å². The smallest absolute Gasteiger partial charge is 0.126 e. The molecule has 0 atom stereocenters. The van der Waals surface area contributed by atoms with Gasteiger partial charge < -0.3 is 10.6 Å². The minimum atomic E-state index is 0.124. The summed E-state index contributed by atoms with van der Waals surface area (Å²) < 4.78 is 0. The van der Waals surface area contributed by atoms with Crippen LogP contribution in [0.3, 0.4) is 0 Å². The molecule has 0 spiro atoms. The van der Waals surface area contributed by atoms with Crippen molar-refractivity contribution in [1.82, 2.24) is 4.98 Å². The number of aryl methyl sites for hydroxylation is 2. The molecule has 3 N–H and O–H groups in total. The van der Waals surface area contributed by atoms with E-state index in [4.69, 9.17) is 11.1 Å². The number of anilines is 1. The number of hydrogen-bond donors (Lipinski definition) is 2. The van der Waals surface area contributed by atoms with Crippen LogP contribution in [0.15, 0.2) is 6.07 Å². The molecule has 0 aromatic carbocycles. The molecule has 0 radical (unpaired) electrons. The van der Waals surface area contributed by atoms with Crippen LogP contribution in [0.1, 0.15) is 42.6 Å². The lowest BCUT2D eigenvalue weighted by Gasteiger charge is -2.26. The van der Waals surface area contributed by atoms with E-state index in [1.54, 1.807) is 0 Å². The van der Waals surface area contributed by atoms with Crippen LogP contribution in [0.2, 0.25) is 0 Å². The number of rotatable bonds is 2. The number of nitrogens with zero attached hydrogens (tertiary/aromatic N) is 2. The maximum absolute atomic E-state index is 7.77. The highest BCUT2D eigenvalue weighted by atomic mass is 15.1. The van der Waals surface area contributed by atoms with E-state index < -0.39 is 0 Å².